The summed E-state index contributed by atoms with van der Waals surface area (Å²) in [6.45, 7) is 13.9. The molecule has 0 N–H and O–H groups in total. The first-order chi connectivity index (χ1) is 12.5. The summed E-state index contributed by atoms with van der Waals surface area (Å²) in [7, 11) is 0. The molecule has 4 heteroatoms. The van der Waals surface area contributed by atoms with Crippen molar-refractivity contribution in [3.05, 3.63) is 29.3 Å². The van der Waals surface area contributed by atoms with E-state index in [0.717, 1.165) is 58.4 Å². The molecule has 1 atom stereocenters. The van der Waals surface area contributed by atoms with Gasteiger partial charge in [0, 0.05) is 44.8 Å². The second-order valence-electron chi connectivity index (χ2n) is 8.13. The minimum Gasteiger partial charge on any atom is -0.462 e. The van der Waals surface area contributed by atoms with Gasteiger partial charge in [0.1, 0.15) is 6.10 Å². The van der Waals surface area contributed by atoms with Crippen molar-refractivity contribution in [3.63, 3.8) is 0 Å². The summed E-state index contributed by atoms with van der Waals surface area (Å²) >= 11 is 0. The van der Waals surface area contributed by atoms with Crippen LogP contribution < -0.4 is 4.90 Å². The van der Waals surface area contributed by atoms with Gasteiger partial charge in [0.15, 0.2) is 0 Å². The normalized spacial score (nSPS) is 23.3. The molecule has 0 radical (unpaired) electrons. The number of cyclic esters (lactones) is 1. The van der Waals surface area contributed by atoms with Gasteiger partial charge in [0.05, 0.1) is 5.41 Å². The van der Waals surface area contributed by atoms with E-state index in [-0.39, 0.29) is 17.5 Å². The molecule has 2 aliphatic heterocycles. The zero-order chi connectivity index (χ0) is 18.7. The van der Waals surface area contributed by atoms with E-state index >= 15 is 0 Å². The summed E-state index contributed by atoms with van der Waals surface area (Å²) in [5.41, 5.74) is 3.85. The van der Waals surface area contributed by atoms with Crippen LogP contribution in [0.3, 0.4) is 0 Å². The Hall–Kier alpha value is -1.55. The van der Waals surface area contributed by atoms with E-state index < -0.39 is 0 Å². The monoisotopic (exact) mass is 358 g/mol. The van der Waals surface area contributed by atoms with Crippen LogP contribution >= 0.6 is 0 Å². The van der Waals surface area contributed by atoms with Crippen LogP contribution in [-0.4, -0.2) is 49.7 Å². The Morgan fingerprint density at radius 3 is 2.38 bits per heavy atom. The zero-order valence-corrected chi connectivity index (χ0v) is 16.9. The number of nitrogens with zero attached hydrogens (tertiary/aromatic N) is 2. The van der Waals surface area contributed by atoms with Crippen LogP contribution in [0.2, 0.25) is 0 Å². The Morgan fingerprint density at radius 2 is 1.81 bits per heavy atom. The maximum Gasteiger partial charge on any atom is 0.312 e. The van der Waals surface area contributed by atoms with Crippen molar-refractivity contribution in [3.8, 4) is 0 Å². The second-order valence-corrected chi connectivity index (χ2v) is 8.13. The molecule has 1 aromatic carbocycles. The number of piperazine rings is 1. The summed E-state index contributed by atoms with van der Waals surface area (Å²) in [4.78, 5) is 17.3. The lowest BCUT2D eigenvalue weighted by atomic mass is 9.79. The van der Waals surface area contributed by atoms with Crippen molar-refractivity contribution in [1.29, 1.82) is 0 Å². The summed E-state index contributed by atoms with van der Waals surface area (Å²) < 4.78 is 5.69. The van der Waals surface area contributed by atoms with E-state index in [1.54, 1.807) is 0 Å². The maximum atomic E-state index is 12.2. The van der Waals surface area contributed by atoms with Gasteiger partial charge in [-0.05, 0) is 44.7 Å². The van der Waals surface area contributed by atoms with Gasteiger partial charge in [-0.1, -0.05) is 31.5 Å². The van der Waals surface area contributed by atoms with E-state index in [1.807, 2.05) is 0 Å². The molecule has 144 valence electrons. The third kappa shape index (κ3) is 3.90. The first-order valence-electron chi connectivity index (χ1n) is 10.2. The van der Waals surface area contributed by atoms with Crippen LogP contribution in [-0.2, 0) is 9.53 Å². The number of ether oxygens (including phenoxy) is 1. The molecule has 26 heavy (non-hydrogen) atoms. The zero-order valence-electron chi connectivity index (χ0n) is 16.9. The molecule has 0 aromatic heterocycles. The Balaban J connectivity index is 1.47. The average molecular weight is 359 g/mol. The number of anilines is 1. The fraction of sp³-hybridized carbons (Fsp3) is 0.682. The molecular weight excluding hydrogens is 324 g/mol. The van der Waals surface area contributed by atoms with E-state index in [4.69, 9.17) is 4.74 Å². The SMILES string of the molecule is CCC1(CC)C[C@H](CCN2CCN(c3ccc(C)cc3C)CC2)OC1=O. The van der Waals surface area contributed by atoms with Crippen molar-refractivity contribution in [2.24, 2.45) is 5.41 Å². The first-order valence-corrected chi connectivity index (χ1v) is 10.2. The molecule has 2 aliphatic rings. The smallest absolute Gasteiger partial charge is 0.312 e. The van der Waals surface area contributed by atoms with Crippen LogP contribution in [0.15, 0.2) is 18.2 Å². The molecule has 2 saturated heterocycles. The standard InChI is InChI=1S/C22H34N2O2/c1-5-22(6-2)16-19(26-21(22)25)9-10-23-11-13-24(14-12-23)20-8-7-17(3)15-18(20)4/h7-8,15,19H,5-6,9-14,16H2,1-4H3/t19-/m0/s1. The van der Waals surface area contributed by atoms with Gasteiger partial charge in [-0.2, -0.15) is 0 Å². The van der Waals surface area contributed by atoms with Crippen LogP contribution in [0.5, 0.6) is 0 Å². The third-order valence-electron chi connectivity index (χ3n) is 6.51. The molecule has 0 bridgehead atoms. The lowest BCUT2D eigenvalue weighted by Crippen LogP contribution is -2.47. The van der Waals surface area contributed by atoms with Crippen LogP contribution in [0.25, 0.3) is 0 Å². The van der Waals surface area contributed by atoms with Gasteiger partial charge in [0.25, 0.3) is 0 Å². The van der Waals surface area contributed by atoms with E-state index in [2.05, 4.69) is 55.7 Å². The van der Waals surface area contributed by atoms with Gasteiger partial charge in [-0.3, -0.25) is 9.69 Å². The fourth-order valence-corrected chi connectivity index (χ4v) is 4.52. The number of carbonyl (C=O) groups is 1. The van der Waals surface area contributed by atoms with Crippen molar-refractivity contribution >= 4 is 11.7 Å². The minimum absolute atomic E-state index is 0.0344. The fourth-order valence-electron chi connectivity index (χ4n) is 4.52. The molecule has 0 unspecified atom stereocenters. The molecule has 2 fully saturated rings. The first kappa shape index (κ1) is 19.2. The Labute approximate surface area is 158 Å². The number of carbonyl (C=O) groups excluding carboxylic acids is 1. The number of esters is 1. The van der Waals surface area contributed by atoms with Crippen LogP contribution in [0.1, 0.15) is 50.7 Å². The summed E-state index contributed by atoms with van der Waals surface area (Å²) in [5, 5.41) is 0. The Morgan fingerprint density at radius 1 is 1.12 bits per heavy atom. The summed E-state index contributed by atoms with van der Waals surface area (Å²) in [6, 6.07) is 6.73. The number of hydrogen-bond acceptors (Lipinski definition) is 4. The molecule has 2 heterocycles. The quantitative estimate of drug-likeness (QED) is 0.721. The molecule has 0 saturated carbocycles. The van der Waals surface area contributed by atoms with Gasteiger partial charge < -0.3 is 9.64 Å². The van der Waals surface area contributed by atoms with Crippen molar-refractivity contribution < 1.29 is 9.53 Å². The van der Waals surface area contributed by atoms with Crippen LogP contribution in [0.4, 0.5) is 5.69 Å². The highest BCUT2D eigenvalue weighted by Gasteiger charge is 2.46. The average Bonchev–Trinajstić information content (AvgIpc) is 2.97. The predicted molar refractivity (Wildman–Crippen MR) is 107 cm³/mol. The molecule has 0 aliphatic carbocycles. The number of aryl methyl sites for hydroxylation is 2. The van der Waals surface area contributed by atoms with Gasteiger partial charge in [0.2, 0.25) is 0 Å². The largest absolute Gasteiger partial charge is 0.462 e. The molecule has 0 amide bonds. The van der Waals surface area contributed by atoms with Gasteiger partial charge >= 0.3 is 5.97 Å². The van der Waals surface area contributed by atoms with E-state index in [9.17, 15) is 4.79 Å². The third-order valence-corrected chi connectivity index (χ3v) is 6.51. The Kier molecular flexibility index (Phi) is 5.91. The molecule has 4 nitrogen and oxygen atoms in total. The lowest BCUT2D eigenvalue weighted by Gasteiger charge is -2.37. The predicted octanol–water partition coefficient (Wildman–Crippen LogP) is 3.94. The lowest BCUT2D eigenvalue weighted by molar-refractivity contribution is -0.149. The highest BCUT2D eigenvalue weighted by atomic mass is 16.6. The topological polar surface area (TPSA) is 32.8 Å². The second kappa shape index (κ2) is 7.99. The van der Waals surface area contributed by atoms with Gasteiger partial charge in [-0.15, -0.1) is 0 Å². The summed E-state index contributed by atoms with van der Waals surface area (Å²) in [6.07, 6.45) is 3.78. The molecule has 3 rings (SSSR count). The Bertz CT molecular complexity index is 631. The van der Waals surface area contributed by atoms with Crippen molar-refractivity contribution in [2.45, 2.75) is 59.5 Å². The minimum atomic E-state index is -0.216. The highest BCUT2D eigenvalue weighted by Crippen LogP contribution is 2.41. The molecule has 0 spiro atoms. The van der Waals surface area contributed by atoms with Crippen molar-refractivity contribution in [1.82, 2.24) is 4.90 Å². The number of benzene rings is 1. The van der Waals surface area contributed by atoms with E-state index in [1.165, 1.54) is 16.8 Å². The molecule has 1 aromatic rings. The van der Waals surface area contributed by atoms with E-state index in [0.29, 0.717) is 0 Å². The highest BCUT2D eigenvalue weighted by molar-refractivity contribution is 5.78. The van der Waals surface area contributed by atoms with Gasteiger partial charge in [-0.25, -0.2) is 0 Å². The number of rotatable bonds is 6. The number of hydrogen-bond donors (Lipinski definition) is 0. The van der Waals surface area contributed by atoms with Crippen molar-refractivity contribution in [2.75, 3.05) is 37.6 Å². The van der Waals surface area contributed by atoms with Crippen LogP contribution in [0, 0.1) is 19.3 Å². The summed E-state index contributed by atoms with van der Waals surface area (Å²) in [5.74, 6) is 0.0344. The molecular formula is C22H34N2O2. The maximum absolute atomic E-state index is 12.2.